The van der Waals surface area contributed by atoms with E-state index in [9.17, 15) is 0 Å². The lowest BCUT2D eigenvalue weighted by Crippen LogP contribution is -2.44. The van der Waals surface area contributed by atoms with E-state index in [1.54, 1.807) is 0 Å². The van der Waals surface area contributed by atoms with Gasteiger partial charge in [0.25, 0.3) is 0 Å². The molecule has 2 aliphatic rings. The monoisotopic (exact) mass is 750 g/mol. The van der Waals surface area contributed by atoms with Crippen LogP contribution >= 0.6 is 45.5 Å². The zero-order valence-electron chi connectivity index (χ0n) is 23.0. The molecule has 0 saturated carbocycles. The second kappa shape index (κ2) is 12.3. The average molecular weight is 750 g/mol. The third kappa shape index (κ3) is 6.08. The van der Waals surface area contributed by atoms with Crippen LogP contribution in [0.4, 0.5) is 11.8 Å². The van der Waals surface area contributed by atoms with Gasteiger partial charge in [-0.1, -0.05) is 12.7 Å². The first-order valence-electron chi connectivity index (χ1n) is 13.5. The maximum absolute atomic E-state index is 4.72. The number of imidazole rings is 1. The predicted octanol–water partition coefficient (Wildman–Crippen LogP) is 6.27. The van der Waals surface area contributed by atoms with Crippen molar-refractivity contribution in [1.82, 2.24) is 34.7 Å². The van der Waals surface area contributed by atoms with Crippen molar-refractivity contribution in [1.29, 1.82) is 0 Å². The molecule has 0 aromatic carbocycles. The Kier molecular flexibility index (Phi) is 9.04. The number of pyridine rings is 1. The van der Waals surface area contributed by atoms with E-state index in [2.05, 4.69) is 107 Å². The summed E-state index contributed by atoms with van der Waals surface area (Å²) >= 11 is 4.57. The minimum Gasteiger partial charge on any atom is -0.326 e. The van der Waals surface area contributed by atoms with E-state index in [1.165, 1.54) is 12.8 Å². The first-order chi connectivity index (χ1) is 18.8. The Bertz CT molecular complexity index is 1360. The molecule has 39 heavy (non-hydrogen) atoms. The summed E-state index contributed by atoms with van der Waals surface area (Å²) in [5, 5.41) is 3.57. The number of piperidine rings is 1. The predicted molar refractivity (Wildman–Crippen MR) is 175 cm³/mol. The highest BCUT2D eigenvalue weighted by molar-refractivity contribution is 14.1. The minimum atomic E-state index is 0.312. The molecule has 206 valence electrons. The molecule has 1 N–H and O–H groups in total. The maximum atomic E-state index is 4.72. The Balaban J connectivity index is 1.37. The summed E-state index contributed by atoms with van der Waals surface area (Å²) in [6, 6.07) is 3.03. The largest absolute Gasteiger partial charge is 0.326 e. The molecule has 0 bridgehead atoms. The summed E-state index contributed by atoms with van der Waals surface area (Å²) in [4.78, 5) is 21.4. The number of hydrogen-bond donors (Lipinski definition) is 1. The van der Waals surface area contributed by atoms with Crippen molar-refractivity contribution in [2.24, 2.45) is 5.92 Å². The molecular weight excluding hydrogens is 714 g/mol. The van der Waals surface area contributed by atoms with Gasteiger partial charge in [0.15, 0.2) is 0 Å². The van der Waals surface area contributed by atoms with Crippen molar-refractivity contribution >= 4 is 68.9 Å². The highest BCUT2D eigenvalue weighted by Crippen LogP contribution is 2.32. The molecule has 2 atom stereocenters. The molecule has 2 aliphatic heterocycles. The van der Waals surface area contributed by atoms with E-state index in [1.807, 2.05) is 27.8 Å². The van der Waals surface area contributed by atoms with Gasteiger partial charge in [-0.15, -0.1) is 0 Å². The standard InChI is InChI=1S/C29H36I2N8/c1-6-22(10-26-19(4)36-20(5)38(26)18(2)3)24-11-28(33-15-25(24)30)39(31)29-34-12-21(13-35-29)17-37-9-7-8-23-14-32-16-27(23)37/h6,10-13,15,18,23,27,32H,1,7-9,14,16-17H2,2-5H3/b22-10+. The molecule has 0 amide bonds. The zero-order valence-corrected chi connectivity index (χ0v) is 27.3. The molecular formula is C29H36I2N8. The molecule has 5 heterocycles. The molecule has 0 spiro atoms. The SMILES string of the molecule is C=C/C(=C\c1c(C)nc(C)n1C(C)C)c1cc(N(I)c2ncc(CN3CCCC4CNCC43)cn2)ncc1I. The summed E-state index contributed by atoms with van der Waals surface area (Å²) in [5.74, 6) is 3.18. The number of aromatic nitrogens is 5. The first kappa shape index (κ1) is 28.6. The molecule has 3 aromatic heterocycles. The second-order valence-corrected chi connectivity index (χ2v) is 12.8. The fraction of sp³-hybridized carbons (Fsp3) is 0.448. The molecule has 0 aliphatic carbocycles. The van der Waals surface area contributed by atoms with Crippen LogP contribution < -0.4 is 8.43 Å². The van der Waals surface area contributed by atoms with Crippen LogP contribution in [0.2, 0.25) is 0 Å². The molecule has 0 radical (unpaired) electrons. The number of fused-ring (bicyclic) bond motifs is 1. The summed E-state index contributed by atoms with van der Waals surface area (Å²) in [6.07, 6.45) is 12.5. The number of aryl methyl sites for hydroxylation is 2. The quantitative estimate of drug-likeness (QED) is 0.166. The molecule has 3 aromatic rings. The van der Waals surface area contributed by atoms with Gasteiger partial charge in [0.1, 0.15) is 11.6 Å². The normalized spacial score (nSPS) is 19.9. The van der Waals surface area contributed by atoms with Gasteiger partial charge in [-0.05, 0) is 99.9 Å². The van der Waals surface area contributed by atoms with Crippen LogP contribution in [-0.2, 0) is 6.54 Å². The van der Waals surface area contributed by atoms with Gasteiger partial charge < -0.3 is 9.88 Å². The van der Waals surface area contributed by atoms with E-state index in [-0.39, 0.29) is 0 Å². The average Bonchev–Trinajstić information content (AvgIpc) is 3.52. The highest BCUT2D eigenvalue weighted by atomic mass is 127. The maximum Gasteiger partial charge on any atom is 0.240 e. The van der Waals surface area contributed by atoms with Crippen LogP contribution in [0.25, 0.3) is 11.6 Å². The lowest BCUT2D eigenvalue weighted by atomic mass is 9.92. The van der Waals surface area contributed by atoms with Crippen molar-refractivity contribution in [2.45, 2.75) is 59.2 Å². The Morgan fingerprint density at radius 1 is 1.21 bits per heavy atom. The topological polar surface area (TPSA) is 75.0 Å². The van der Waals surface area contributed by atoms with Crippen LogP contribution in [-0.4, -0.2) is 55.1 Å². The van der Waals surface area contributed by atoms with Gasteiger partial charge in [-0.2, -0.15) is 0 Å². The zero-order chi connectivity index (χ0) is 27.7. The fourth-order valence-electron chi connectivity index (χ4n) is 5.91. The van der Waals surface area contributed by atoms with Crippen LogP contribution in [0.3, 0.4) is 0 Å². The Labute approximate surface area is 259 Å². The third-order valence-corrected chi connectivity index (χ3v) is 9.52. The van der Waals surface area contributed by atoms with Gasteiger partial charge in [-0.25, -0.2) is 23.0 Å². The van der Waals surface area contributed by atoms with E-state index in [0.717, 1.165) is 75.4 Å². The summed E-state index contributed by atoms with van der Waals surface area (Å²) in [7, 11) is 0. The fourth-order valence-corrected chi connectivity index (χ4v) is 7.03. The number of nitrogens with zero attached hydrogens (tertiary/aromatic N) is 7. The number of nitrogens with one attached hydrogen (secondary N) is 1. The summed E-state index contributed by atoms with van der Waals surface area (Å²) < 4.78 is 5.23. The van der Waals surface area contributed by atoms with Crippen LogP contribution in [0.1, 0.15) is 61.1 Å². The van der Waals surface area contributed by atoms with Crippen LogP contribution in [0, 0.1) is 23.3 Å². The molecule has 2 fully saturated rings. The number of rotatable bonds is 8. The molecule has 2 saturated heterocycles. The third-order valence-electron chi connectivity index (χ3n) is 7.74. The second-order valence-electron chi connectivity index (χ2n) is 10.7. The molecule has 10 heteroatoms. The van der Waals surface area contributed by atoms with Crippen LogP contribution in [0.15, 0.2) is 37.3 Å². The summed E-state index contributed by atoms with van der Waals surface area (Å²) in [5.41, 5.74) is 5.35. The smallest absolute Gasteiger partial charge is 0.240 e. The Morgan fingerprint density at radius 3 is 2.69 bits per heavy atom. The minimum absolute atomic E-state index is 0.312. The van der Waals surface area contributed by atoms with E-state index < -0.39 is 0 Å². The lowest BCUT2D eigenvalue weighted by molar-refractivity contribution is 0.117. The van der Waals surface area contributed by atoms with E-state index in [4.69, 9.17) is 19.9 Å². The number of anilines is 2. The number of likely N-dealkylation sites (tertiary alicyclic amines) is 1. The van der Waals surface area contributed by atoms with Crippen molar-refractivity contribution in [2.75, 3.05) is 22.7 Å². The van der Waals surface area contributed by atoms with Gasteiger partial charge in [-0.3, -0.25) is 4.90 Å². The first-order valence-corrected chi connectivity index (χ1v) is 15.6. The van der Waals surface area contributed by atoms with Crippen LogP contribution in [0.5, 0.6) is 0 Å². The number of halogens is 2. The summed E-state index contributed by atoms with van der Waals surface area (Å²) in [6.45, 7) is 16.9. The number of allylic oxidation sites excluding steroid dienone is 2. The van der Waals surface area contributed by atoms with E-state index >= 15 is 0 Å². The van der Waals surface area contributed by atoms with Gasteiger partial charge in [0.05, 0.1) is 34.3 Å². The van der Waals surface area contributed by atoms with E-state index in [0.29, 0.717) is 18.0 Å². The molecule has 5 rings (SSSR count). The highest BCUT2D eigenvalue weighted by Gasteiger charge is 2.34. The van der Waals surface area contributed by atoms with Crippen molar-refractivity contribution in [3.63, 3.8) is 0 Å². The van der Waals surface area contributed by atoms with Crippen molar-refractivity contribution < 1.29 is 0 Å². The van der Waals surface area contributed by atoms with Gasteiger partial charge >= 0.3 is 0 Å². The Hall–Kier alpha value is -1.90. The van der Waals surface area contributed by atoms with Gasteiger partial charge in [0, 0.05) is 58.5 Å². The lowest BCUT2D eigenvalue weighted by Gasteiger charge is -2.36. The van der Waals surface area contributed by atoms with Gasteiger partial charge in [0.2, 0.25) is 5.95 Å². The van der Waals surface area contributed by atoms with Crippen molar-refractivity contribution in [3.8, 4) is 0 Å². The molecule has 8 nitrogen and oxygen atoms in total. The number of hydrogen-bond acceptors (Lipinski definition) is 7. The Morgan fingerprint density at radius 2 is 1.97 bits per heavy atom. The van der Waals surface area contributed by atoms with Crippen molar-refractivity contribution in [3.05, 3.63) is 69.2 Å². The molecule has 2 unspecified atom stereocenters.